The van der Waals surface area contributed by atoms with Crippen LogP contribution in [0.1, 0.15) is 17.7 Å². The first-order chi connectivity index (χ1) is 10.1. The molecule has 7 heteroatoms. The lowest BCUT2D eigenvalue weighted by atomic mass is 9.85. The number of carbonyl (C=O) groups excluding carboxylic acids is 3. The molecule has 1 aliphatic heterocycles. The molecule has 1 N–H and O–H groups in total. The van der Waals surface area contributed by atoms with Gasteiger partial charge in [-0.15, -0.1) is 11.3 Å². The number of hydrogen-bond donors (Lipinski definition) is 1. The molecule has 2 aliphatic rings. The molecule has 1 aromatic rings. The number of carbonyl (C=O) groups is 3. The highest BCUT2D eigenvalue weighted by Crippen LogP contribution is 2.34. The Morgan fingerprint density at radius 1 is 1.33 bits per heavy atom. The number of fused-ring (bicyclic) bond motifs is 1. The molecule has 3 amide bonds. The largest absolute Gasteiger partial charge is 0.300 e. The van der Waals surface area contributed by atoms with E-state index in [2.05, 4.69) is 10.3 Å². The molecule has 0 spiro atoms. The summed E-state index contributed by atoms with van der Waals surface area (Å²) in [5.41, 5.74) is 0. The molecular formula is C14H15N3O3S. The molecule has 6 nitrogen and oxygen atoms in total. The fourth-order valence-corrected chi connectivity index (χ4v) is 3.42. The predicted molar refractivity (Wildman–Crippen MR) is 77.6 cm³/mol. The van der Waals surface area contributed by atoms with Crippen LogP contribution in [-0.4, -0.2) is 34.2 Å². The molecule has 1 fully saturated rings. The Kier molecular flexibility index (Phi) is 3.59. The first-order valence-electron chi connectivity index (χ1n) is 6.79. The molecule has 0 aromatic carbocycles. The first kappa shape index (κ1) is 13.9. The van der Waals surface area contributed by atoms with Crippen molar-refractivity contribution in [3.63, 3.8) is 0 Å². The summed E-state index contributed by atoms with van der Waals surface area (Å²) in [6.07, 6.45) is 6.67. The number of hydrogen-bond acceptors (Lipinski definition) is 5. The van der Waals surface area contributed by atoms with Crippen molar-refractivity contribution >= 4 is 34.2 Å². The minimum atomic E-state index is -0.391. The van der Waals surface area contributed by atoms with Crippen LogP contribution >= 0.6 is 11.3 Å². The minimum Gasteiger partial charge on any atom is -0.300 e. The van der Waals surface area contributed by atoms with Gasteiger partial charge >= 0.3 is 0 Å². The highest BCUT2D eigenvalue weighted by Gasteiger charge is 2.47. The third-order valence-corrected chi connectivity index (χ3v) is 4.60. The highest BCUT2D eigenvalue weighted by atomic mass is 32.1. The molecule has 1 aliphatic carbocycles. The molecule has 0 radical (unpaired) electrons. The summed E-state index contributed by atoms with van der Waals surface area (Å²) < 4.78 is 0. The smallest absolute Gasteiger partial charge is 0.246 e. The van der Waals surface area contributed by atoms with Gasteiger partial charge in [0.2, 0.25) is 17.7 Å². The van der Waals surface area contributed by atoms with Crippen LogP contribution in [0, 0.1) is 18.8 Å². The molecule has 2 atom stereocenters. The summed E-state index contributed by atoms with van der Waals surface area (Å²) in [6, 6.07) is 0. The van der Waals surface area contributed by atoms with Gasteiger partial charge in [0.15, 0.2) is 5.13 Å². The van der Waals surface area contributed by atoms with Gasteiger partial charge < -0.3 is 5.32 Å². The SMILES string of the molecule is Cc1cnc(NC(=O)CN2C(=O)[C@@H]3CC=CC[C@H]3C2=O)s1. The lowest BCUT2D eigenvalue weighted by Crippen LogP contribution is -2.38. The normalized spacial score (nSPS) is 24.3. The number of rotatable bonds is 3. The van der Waals surface area contributed by atoms with Gasteiger partial charge in [-0.1, -0.05) is 12.2 Å². The van der Waals surface area contributed by atoms with E-state index < -0.39 is 5.91 Å². The lowest BCUT2D eigenvalue weighted by Gasteiger charge is -2.14. The second-order valence-corrected chi connectivity index (χ2v) is 6.48. The summed E-state index contributed by atoms with van der Waals surface area (Å²) in [5, 5.41) is 3.10. The Balaban J connectivity index is 1.66. The van der Waals surface area contributed by atoms with Crippen LogP contribution in [0.25, 0.3) is 0 Å². The second-order valence-electron chi connectivity index (χ2n) is 5.24. The van der Waals surface area contributed by atoms with Gasteiger partial charge in [-0.2, -0.15) is 0 Å². The topological polar surface area (TPSA) is 79.4 Å². The molecule has 3 rings (SSSR count). The molecule has 2 heterocycles. The molecule has 1 aromatic heterocycles. The third-order valence-electron chi connectivity index (χ3n) is 3.77. The van der Waals surface area contributed by atoms with Gasteiger partial charge in [-0.05, 0) is 19.8 Å². The molecule has 21 heavy (non-hydrogen) atoms. The average Bonchev–Trinajstić information content (AvgIpc) is 2.97. The van der Waals surface area contributed by atoms with Crippen LogP contribution in [-0.2, 0) is 14.4 Å². The molecule has 1 saturated heterocycles. The molecular weight excluding hydrogens is 290 g/mol. The fraction of sp³-hybridized carbons (Fsp3) is 0.429. The van der Waals surface area contributed by atoms with Gasteiger partial charge in [0.05, 0.1) is 11.8 Å². The van der Waals surface area contributed by atoms with E-state index in [1.165, 1.54) is 11.3 Å². The van der Waals surface area contributed by atoms with Gasteiger partial charge in [0, 0.05) is 11.1 Å². The molecule has 0 saturated carbocycles. The zero-order valence-electron chi connectivity index (χ0n) is 11.5. The van der Waals surface area contributed by atoms with Crippen molar-refractivity contribution in [1.82, 2.24) is 9.88 Å². The fourth-order valence-electron chi connectivity index (χ4n) is 2.74. The second kappa shape index (κ2) is 5.40. The van der Waals surface area contributed by atoms with E-state index >= 15 is 0 Å². The van der Waals surface area contributed by atoms with E-state index in [1.807, 2.05) is 19.1 Å². The average molecular weight is 305 g/mol. The number of aromatic nitrogens is 1. The quantitative estimate of drug-likeness (QED) is 0.675. The van der Waals surface area contributed by atoms with Crippen LogP contribution in [0.5, 0.6) is 0 Å². The van der Waals surface area contributed by atoms with Crippen molar-refractivity contribution in [3.05, 3.63) is 23.2 Å². The Labute approximate surface area is 125 Å². The van der Waals surface area contributed by atoms with E-state index in [4.69, 9.17) is 0 Å². The van der Waals surface area contributed by atoms with Crippen molar-refractivity contribution in [1.29, 1.82) is 0 Å². The summed E-state index contributed by atoms with van der Waals surface area (Å²) in [5.74, 6) is -1.45. The monoisotopic (exact) mass is 305 g/mol. The Morgan fingerprint density at radius 2 is 1.95 bits per heavy atom. The number of nitrogens with zero attached hydrogens (tertiary/aromatic N) is 2. The number of amides is 3. The van der Waals surface area contributed by atoms with Crippen molar-refractivity contribution in [2.45, 2.75) is 19.8 Å². The van der Waals surface area contributed by atoms with Gasteiger partial charge in [-0.3, -0.25) is 19.3 Å². The zero-order chi connectivity index (χ0) is 15.0. The van der Waals surface area contributed by atoms with Gasteiger partial charge in [0.1, 0.15) is 6.54 Å². The molecule has 110 valence electrons. The molecule has 0 bridgehead atoms. The Hall–Kier alpha value is -2.02. The van der Waals surface area contributed by atoms with Crippen LogP contribution in [0.3, 0.4) is 0 Å². The van der Waals surface area contributed by atoms with Gasteiger partial charge in [-0.25, -0.2) is 4.98 Å². The maximum atomic E-state index is 12.2. The third kappa shape index (κ3) is 2.61. The van der Waals surface area contributed by atoms with Crippen LogP contribution in [0.4, 0.5) is 5.13 Å². The van der Waals surface area contributed by atoms with E-state index in [0.29, 0.717) is 18.0 Å². The summed E-state index contributed by atoms with van der Waals surface area (Å²) in [4.78, 5) is 42.5. The maximum absolute atomic E-state index is 12.2. The number of nitrogens with one attached hydrogen (secondary N) is 1. The van der Waals surface area contributed by atoms with E-state index in [9.17, 15) is 14.4 Å². The number of anilines is 1. The summed E-state index contributed by atoms with van der Waals surface area (Å²) >= 11 is 1.35. The standard InChI is InChI=1S/C14H15N3O3S/c1-8-6-15-14(21-8)16-11(18)7-17-12(19)9-4-2-3-5-10(9)13(17)20/h2-3,6,9-10H,4-5,7H2,1H3,(H,15,16,18)/t9-,10-/m1/s1. The van der Waals surface area contributed by atoms with Crippen molar-refractivity contribution in [2.75, 3.05) is 11.9 Å². The highest BCUT2D eigenvalue weighted by molar-refractivity contribution is 7.15. The van der Waals surface area contributed by atoms with Crippen molar-refractivity contribution < 1.29 is 14.4 Å². The number of allylic oxidation sites excluding steroid dienone is 2. The molecule has 0 unspecified atom stereocenters. The number of aryl methyl sites for hydroxylation is 1. The minimum absolute atomic E-state index is 0.233. The van der Waals surface area contributed by atoms with E-state index in [0.717, 1.165) is 9.78 Å². The Bertz CT molecular complexity index is 611. The van der Waals surface area contributed by atoms with E-state index in [1.54, 1.807) is 6.20 Å². The van der Waals surface area contributed by atoms with Crippen LogP contribution in [0.15, 0.2) is 18.3 Å². The predicted octanol–water partition coefficient (Wildman–Crippen LogP) is 1.34. The van der Waals surface area contributed by atoms with E-state index in [-0.39, 0.29) is 30.2 Å². The number of likely N-dealkylation sites (tertiary alicyclic amines) is 1. The first-order valence-corrected chi connectivity index (χ1v) is 7.60. The van der Waals surface area contributed by atoms with Crippen LogP contribution < -0.4 is 5.32 Å². The Morgan fingerprint density at radius 3 is 2.48 bits per heavy atom. The van der Waals surface area contributed by atoms with Crippen molar-refractivity contribution in [2.24, 2.45) is 11.8 Å². The number of thiazole rings is 1. The van der Waals surface area contributed by atoms with Crippen LogP contribution in [0.2, 0.25) is 0 Å². The lowest BCUT2D eigenvalue weighted by molar-refractivity contribution is -0.142. The van der Waals surface area contributed by atoms with Gasteiger partial charge in [0.25, 0.3) is 0 Å². The maximum Gasteiger partial charge on any atom is 0.246 e. The number of imide groups is 1. The van der Waals surface area contributed by atoms with Crippen molar-refractivity contribution in [3.8, 4) is 0 Å². The zero-order valence-corrected chi connectivity index (χ0v) is 12.4. The summed E-state index contributed by atoms with van der Waals surface area (Å²) in [7, 11) is 0. The summed E-state index contributed by atoms with van der Waals surface area (Å²) in [6.45, 7) is 1.65.